The van der Waals surface area contributed by atoms with Crippen LogP contribution in [0.2, 0.25) is 0 Å². The lowest BCUT2D eigenvalue weighted by Gasteiger charge is -2.34. The number of rotatable bonds is 3. The monoisotopic (exact) mass is 288 g/mol. The van der Waals surface area contributed by atoms with Crippen molar-refractivity contribution >= 4 is 27.3 Å². The van der Waals surface area contributed by atoms with Crippen molar-refractivity contribution < 1.29 is 4.79 Å². The van der Waals surface area contributed by atoms with Crippen LogP contribution in [0.3, 0.4) is 0 Å². The minimum atomic E-state index is 0.0346. The minimum absolute atomic E-state index is 0.0346. The van der Waals surface area contributed by atoms with E-state index in [0.717, 1.165) is 25.9 Å². The number of amides is 1. The zero-order valence-corrected chi connectivity index (χ0v) is 12.6. The number of thiophene rings is 1. The van der Waals surface area contributed by atoms with E-state index in [9.17, 15) is 4.79 Å². The first-order valence-electron chi connectivity index (χ1n) is 7.20. The van der Waals surface area contributed by atoms with E-state index < -0.39 is 0 Å². The third-order valence-electron chi connectivity index (χ3n) is 4.10. The van der Waals surface area contributed by atoms with E-state index in [1.54, 1.807) is 18.4 Å². The molecule has 1 aromatic heterocycles. The SMILES string of the molecule is CNC(=O)[C@@H]1CCCCN1Cc1csc2ccccc12. The Balaban J connectivity index is 1.83. The summed E-state index contributed by atoms with van der Waals surface area (Å²) in [5, 5.41) is 6.37. The largest absolute Gasteiger partial charge is 0.358 e. The van der Waals surface area contributed by atoms with Gasteiger partial charge in [-0.2, -0.15) is 0 Å². The standard InChI is InChI=1S/C16H20N2OS/c1-17-16(19)14-7-4-5-9-18(14)10-12-11-20-15-8-3-2-6-13(12)15/h2-3,6,8,11,14H,4-5,7,9-10H2,1H3,(H,17,19)/t14-/m0/s1. The fourth-order valence-corrected chi connectivity index (χ4v) is 3.97. The summed E-state index contributed by atoms with van der Waals surface area (Å²) < 4.78 is 1.33. The van der Waals surface area contributed by atoms with Crippen molar-refractivity contribution in [2.24, 2.45) is 0 Å². The molecule has 1 saturated heterocycles. The highest BCUT2D eigenvalue weighted by atomic mass is 32.1. The quantitative estimate of drug-likeness (QED) is 0.941. The van der Waals surface area contributed by atoms with Gasteiger partial charge in [-0.15, -0.1) is 11.3 Å². The summed E-state index contributed by atoms with van der Waals surface area (Å²) in [5.41, 5.74) is 1.35. The van der Waals surface area contributed by atoms with Crippen molar-refractivity contribution in [3.63, 3.8) is 0 Å². The lowest BCUT2D eigenvalue weighted by molar-refractivity contribution is -0.127. The summed E-state index contributed by atoms with van der Waals surface area (Å²) in [4.78, 5) is 14.3. The molecule has 3 nitrogen and oxygen atoms in total. The molecule has 1 atom stereocenters. The highest BCUT2D eigenvalue weighted by Crippen LogP contribution is 2.28. The minimum Gasteiger partial charge on any atom is -0.358 e. The van der Waals surface area contributed by atoms with Crippen LogP contribution >= 0.6 is 11.3 Å². The van der Waals surface area contributed by atoms with Gasteiger partial charge in [0.2, 0.25) is 5.91 Å². The Morgan fingerprint density at radius 2 is 2.25 bits per heavy atom. The summed E-state index contributed by atoms with van der Waals surface area (Å²) in [6, 6.07) is 8.55. The van der Waals surface area contributed by atoms with Crippen molar-refractivity contribution in [2.75, 3.05) is 13.6 Å². The number of hydrogen-bond donors (Lipinski definition) is 1. The van der Waals surface area contributed by atoms with E-state index in [1.807, 2.05) is 0 Å². The number of likely N-dealkylation sites (N-methyl/N-ethyl adjacent to an activating group) is 1. The lowest BCUT2D eigenvalue weighted by Crippen LogP contribution is -2.48. The van der Waals surface area contributed by atoms with Crippen LogP contribution in [0.15, 0.2) is 29.6 Å². The third-order valence-corrected chi connectivity index (χ3v) is 5.11. The molecule has 3 rings (SSSR count). The first kappa shape index (κ1) is 13.6. The number of benzene rings is 1. The summed E-state index contributed by atoms with van der Waals surface area (Å²) in [6.07, 6.45) is 3.32. The molecule has 4 heteroatoms. The van der Waals surface area contributed by atoms with Gasteiger partial charge in [-0.3, -0.25) is 9.69 Å². The molecule has 106 valence electrons. The Morgan fingerprint density at radius 1 is 1.40 bits per heavy atom. The predicted molar refractivity (Wildman–Crippen MR) is 83.9 cm³/mol. The maximum absolute atomic E-state index is 12.0. The van der Waals surface area contributed by atoms with Gasteiger partial charge in [-0.25, -0.2) is 0 Å². The van der Waals surface area contributed by atoms with E-state index in [2.05, 4.69) is 39.9 Å². The molecule has 1 aromatic carbocycles. The lowest BCUT2D eigenvalue weighted by atomic mass is 10.0. The highest BCUT2D eigenvalue weighted by Gasteiger charge is 2.28. The molecule has 2 aromatic rings. The van der Waals surface area contributed by atoms with E-state index in [4.69, 9.17) is 0 Å². The number of nitrogens with zero attached hydrogens (tertiary/aromatic N) is 1. The molecule has 0 bridgehead atoms. The summed E-state index contributed by atoms with van der Waals surface area (Å²) >= 11 is 1.79. The molecule has 1 fully saturated rings. The first-order valence-corrected chi connectivity index (χ1v) is 8.08. The second-order valence-electron chi connectivity index (χ2n) is 5.35. The molecule has 1 amide bonds. The maximum atomic E-state index is 12.0. The van der Waals surface area contributed by atoms with E-state index in [-0.39, 0.29) is 11.9 Å². The van der Waals surface area contributed by atoms with Gasteiger partial charge in [0.1, 0.15) is 0 Å². The second kappa shape index (κ2) is 5.94. The molecule has 1 N–H and O–H groups in total. The summed E-state index contributed by atoms with van der Waals surface area (Å²) in [5.74, 6) is 0.157. The Morgan fingerprint density at radius 3 is 3.10 bits per heavy atom. The number of piperidine rings is 1. The molecular formula is C16H20N2OS. The molecule has 0 unspecified atom stereocenters. The molecule has 1 aliphatic heterocycles. The van der Waals surface area contributed by atoms with E-state index in [1.165, 1.54) is 22.1 Å². The van der Waals surface area contributed by atoms with Crippen LogP contribution in [0.1, 0.15) is 24.8 Å². The van der Waals surface area contributed by atoms with Gasteiger partial charge in [0.25, 0.3) is 0 Å². The van der Waals surface area contributed by atoms with Crippen molar-refractivity contribution in [3.8, 4) is 0 Å². The number of carbonyl (C=O) groups excluding carboxylic acids is 1. The van der Waals surface area contributed by atoms with Crippen LogP contribution in [-0.4, -0.2) is 30.4 Å². The zero-order valence-electron chi connectivity index (χ0n) is 11.8. The van der Waals surface area contributed by atoms with Gasteiger partial charge in [-0.05, 0) is 41.8 Å². The fourth-order valence-electron chi connectivity index (χ4n) is 3.02. The van der Waals surface area contributed by atoms with Crippen LogP contribution in [0.4, 0.5) is 0 Å². The van der Waals surface area contributed by atoms with Crippen LogP contribution in [0.25, 0.3) is 10.1 Å². The molecule has 0 saturated carbocycles. The van der Waals surface area contributed by atoms with Crippen LogP contribution in [0, 0.1) is 0 Å². The first-order chi connectivity index (χ1) is 9.79. The van der Waals surface area contributed by atoms with Gasteiger partial charge in [0.05, 0.1) is 6.04 Å². The fraction of sp³-hybridized carbons (Fsp3) is 0.438. The summed E-state index contributed by atoms with van der Waals surface area (Å²) in [6.45, 7) is 1.89. The normalized spacial score (nSPS) is 20.1. The van der Waals surface area contributed by atoms with Crippen LogP contribution in [-0.2, 0) is 11.3 Å². The molecular weight excluding hydrogens is 268 g/mol. The summed E-state index contributed by atoms with van der Waals surface area (Å²) in [7, 11) is 1.73. The van der Waals surface area contributed by atoms with Gasteiger partial charge < -0.3 is 5.32 Å². The van der Waals surface area contributed by atoms with E-state index in [0.29, 0.717) is 0 Å². The average molecular weight is 288 g/mol. The number of hydrogen-bond acceptors (Lipinski definition) is 3. The van der Waals surface area contributed by atoms with Gasteiger partial charge in [-0.1, -0.05) is 24.6 Å². The van der Waals surface area contributed by atoms with Crippen molar-refractivity contribution in [3.05, 3.63) is 35.2 Å². The zero-order chi connectivity index (χ0) is 13.9. The van der Waals surface area contributed by atoms with Crippen LogP contribution in [0.5, 0.6) is 0 Å². The van der Waals surface area contributed by atoms with Crippen molar-refractivity contribution in [2.45, 2.75) is 31.8 Å². The number of nitrogens with one attached hydrogen (secondary N) is 1. The average Bonchev–Trinajstić information content (AvgIpc) is 2.90. The number of fused-ring (bicyclic) bond motifs is 1. The van der Waals surface area contributed by atoms with Gasteiger partial charge in [0, 0.05) is 18.3 Å². The number of likely N-dealkylation sites (tertiary alicyclic amines) is 1. The Hall–Kier alpha value is -1.39. The molecule has 1 aliphatic rings. The van der Waals surface area contributed by atoms with E-state index >= 15 is 0 Å². The highest BCUT2D eigenvalue weighted by molar-refractivity contribution is 7.17. The predicted octanol–water partition coefficient (Wildman–Crippen LogP) is 3.00. The Labute approximate surface area is 123 Å². The van der Waals surface area contributed by atoms with Gasteiger partial charge >= 0.3 is 0 Å². The second-order valence-corrected chi connectivity index (χ2v) is 6.26. The number of carbonyl (C=O) groups is 1. The molecule has 20 heavy (non-hydrogen) atoms. The third kappa shape index (κ3) is 2.58. The topological polar surface area (TPSA) is 32.3 Å². The van der Waals surface area contributed by atoms with Crippen molar-refractivity contribution in [1.29, 1.82) is 0 Å². The van der Waals surface area contributed by atoms with Crippen molar-refractivity contribution in [1.82, 2.24) is 10.2 Å². The molecule has 2 heterocycles. The Kier molecular flexibility index (Phi) is 4.03. The van der Waals surface area contributed by atoms with Crippen LogP contribution < -0.4 is 5.32 Å². The maximum Gasteiger partial charge on any atom is 0.237 e. The smallest absolute Gasteiger partial charge is 0.237 e. The molecule has 0 aliphatic carbocycles. The van der Waals surface area contributed by atoms with Gasteiger partial charge in [0.15, 0.2) is 0 Å². The molecule has 0 spiro atoms. The Bertz CT molecular complexity index is 607. The molecule has 0 radical (unpaired) electrons.